The molecule has 0 unspecified atom stereocenters. The lowest BCUT2D eigenvalue weighted by molar-refractivity contribution is 0.0519. The molecule has 1 N–H and O–H groups in total. The third-order valence-corrected chi connectivity index (χ3v) is 3.11. The van der Waals surface area contributed by atoms with Gasteiger partial charge in [-0.1, -0.05) is 50.2 Å². The maximum atomic E-state index is 12.6. The Morgan fingerprint density at radius 2 is 1.27 bits per heavy atom. The Labute approximate surface area is 130 Å². The molecule has 0 fully saturated rings. The number of carbonyl (C=O) groups is 2. The SMILES string of the molecule is CC(C)CNN(C(=O)c1ccccc1)C(=O)c1ccccc1. The third kappa shape index (κ3) is 4.02. The van der Waals surface area contributed by atoms with Crippen molar-refractivity contribution in [2.45, 2.75) is 13.8 Å². The zero-order valence-corrected chi connectivity index (χ0v) is 12.8. The summed E-state index contributed by atoms with van der Waals surface area (Å²) in [5, 5.41) is 1.10. The van der Waals surface area contributed by atoms with Crippen molar-refractivity contribution >= 4 is 11.8 Å². The molecule has 0 bridgehead atoms. The largest absolute Gasteiger partial charge is 0.275 e. The molecule has 0 radical (unpaired) electrons. The monoisotopic (exact) mass is 296 g/mol. The van der Waals surface area contributed by atoms with Gasteiger partial charge in [0.2, 0.25) is 0 Å². The Kier molecular flexibility index (Phi) is 5.44. The summed E-state index contributed by atoms with van der Waals surface area (Å²) in [7, 11) is 0. The van der Waals surface area contributed by atoms with Crippen molar-refractivity contribution in [3.05, 3.63) is 71.8 Å². The number of nitrogens with one attached hydrogen (secondary N) is 1. The van der Waals surface area contributed by atoms with Gasteiger partial charge in [0.1, 0.15) is 0 Å². The highest BCUT2D eigenvalue weighted by Gasteiger charge is 2.24. The molecule has 0 aliphatic rings. The zero-order chi connectivity index (χ0) is 15.9. The molecule has 0 saturated carbocycles. The van der Waals surface area contributed by atoms with E-state index in [0.717, 1.165) is 5.01 Å². The summed E-state index contributed by atoms with van der Waals surface area (Å²) in [6.07, 6.45) is 0. The van der Waals surface area contributed by atoms with Crippen molar-refractivity contribution in [3.8, 4) is 0 Å². The van der Waals surface area contributed by atoms with E-state index in [1.165, 1.54) is 0 Å². The van der Waals surface area contributed by atoms with Crippen LogP contribution in [0.5, 0.6) is 0 Å². The fourth-order valence-corrected chi connectivity index (χ4v) is 1.93. The van der Waals surface area contributed by atoms with Crippen LogP contribution < -0.4 is 5.43 Å². The van der Waals surface area contributed by atoms with E-state index >= 15 is 0 Å². The van der Waals surface area contributed by atoms with E-state index in [-0.39, 0.29) is 11.8 Å². The number of hydrogen-bond acceptors (Lipinski definition) is 3. The number of imide groups is 1. The van der Waals surface area contributed by atoms with Crippen molar-refractivity contribution in [1.29, 1.82) is 0 Å². The Morgan fingerprint density at radius 3 is 1.64 bits per heavy atom. The summed E-state index contributed by atoms with van der Waals surface area (Å²) in [5.41, 5.74) is 3.90. The Balaban J connectivity index is 2.26. The molecule has 0 atom stereocenters. The minimum atomic E-state index is -0.352. The normalized spacial score (nSPS) is 10.5. The van der Waals surface area contributed by atoms with E-state index < -0.39 is 0 Å². The summed E-state index contributed by atoms with van der Waals surface area (Å²) in [6.45, 7) is 4.58. The molecule has 2 rings (SSSR count). The number of carbonyl (C=O) groups excluding carboxylic acids is 2. The quantitative estimate of drug-likeness (QED) is 0.681. The van der Waals surface area contributed by atoms with Crippen LogP contribution in [0.3, 0.4) is 0 Å². The van der Waals surface area contributed by atoms with Crippen molar-refractivity contribution in [2.24, 2.45) is 5.92 Å². The van der Waals surface area contributed by atoms with E-state index in [9.17, 15) is 9.59 Å². The molecule has 0 spiro atoms. The number of benzene rings is 2. The zero-order valence-electron chi connectivity index (χ0n) is 12.8. The van der Waals surface area contributed by atoms with E-state index in [2.05, 4.69) is 5.43 Å². The predicted molar refractivity (Wildman–Crippen MR) is 86.2 cm³/mol. The molecular formula is C18H20N2O2. The van der Waals surface area contributed by atoms with E-state index in [0.29, 0.717) is 23.6 Å². The van der Waals surface area contributed by atoms with Gasteiger partial charge in [0.05, 0.1) is 0 Å². The van der Waals surface area contributed by atoms with Crippen molar-refractivity contribution in [3.63, 3.8) is 0 Å². The Morgan fingerprint density at radius 1 is 0.864 bits per heavy atom. The molecule has 0 aliphatic heterocycles. The number of rotatable bonds is 5. The maximum Gasteiger partial charge on any atom is 0.275 e. The first-order valence-electron chi connectivity index (χ1n) is 7.32. The Hall–Kier alpha value is -2.46. The van der Waals surface area contributed by atoms with Gasteiger partial charge >= 0.3 is 0 Å². The molecule has 0 aliphatic carbocycles. The Bertz CT molecular complexity index is 573. The number of hydrogen-bond donors (Lipinski definition) is 1. The smallest absolute Gasteiger partial charge is 0.267 e. The van der Waals surface area contributed by atoms with E-state index in [1.807, 2.05) is 26.0 Å². The van der Waals surface area contributed by atoms with Crippen LogP contribution in [0.15, 0.2) is 60.7 Å². The maximum absolute atomic E-state index is 12.6. The lowest BCUT2D eigenvalue weighted by Gasteiger charge is -2.23. The first-order chi connectivity index (χ1) is 10.6. The van der Waals surface area contributed by atoms with Crippen molar-refractivity contribution < 1.29 is 9.59 Å². The summed E-state index contributed by atoms with van der Waals surface area (Å²) < 4.78 is 0. The van der Waals surface area contributed by atoms with Gasteiger partial charge in [-0.05, 0) is 30.2 Å². The molecule has 22 heavy (non-hydrogen) atoms. The van der Waals surface area contributed by atoms with Crippen LogP contribution in [0.2, 0.25) is 0 Å². The van der Waals surface area contributed by atoms with Gasteiger partial charge in [-0.2, -0.15) is 0 Å². The van der Waals surface area contributed by atoms with Gasteiger partial charge in [0, 0.05) is 17.7 Å². The first kappa shape index (κ1) is 15.9. The first-order valence-corrected chi connectivity index (χ1v) is 7.32. The average molecular weight is 296 g/mol. The number of amides is 2. The molecule has 0 heterocycles. The highest BCUT2D eigenvalue weighted by molar-refractivity contribution is 6.09. The minimum absolute atomic E-state index is 0.314. The summed E-state index contributed by atoms with van der Waals surface area (Å²) >= 11 is 0. The molecule has 4 nitrogen and oxygen atoms in total. The number of hydrazine groups is 1. The number of nitrogens with zero attached hydrogens (tertiary/aromatic N) is 1. The van der Waals surface area contributed by atoms with E-state index in [4.69, 9.17) is 0 Å². The van der Waals surface area contributed by atoms with Crippen LogP contribution in [0.4, 0.5) is 0 Å². The molecule has 0 saturated heterocycles. The summed E-state index contributed by atoms with van der Waals surface area (Å²) in [6, 6.07) is 17.6. The van der Waals surface area contributed by atoms with Crippen molar-refractivity contribution in [2.75, 3.05) is 6.54 Å². The van der Waals surface area contributed by atoms with Gasteiger partial charge in [-0.25, -0.2) is 10.4 Å². The summed E-state index contributed by atoms with van der Waals surface area (Å²) in [5.74, 6) is -0.389. The third-order valence-electron chi connectivity index (χ3n) is 3.11. The highest BCUT2D eigenvalue weighted by Crippen LogP contribution is 2.09. The van der Waals surface area contributed by atoms with Crippen LogP contribution in [0, 0.1) is 5.92 Å². The van der Waals surface area contributed by atoms with Crippen LogP contribution in [-0.2, 0) is 0 Å². The van der Waals surface area contributed by atoms with Crippen LogP contribution in [0.1, 0.15) is 34.6 Å². The second-order valence-corrected chi connectivity index (χ2v) is 5.43. The van der Waals surface area contributed by atoms with Crippen LogP contribution in [0.25, 0.3) is 0 Å². The average Bonchev–Trinajstić information content (AvgIpc) is 2.56. The molecule has 2 aromatic carbocycles. The minimum Gasteiger partial charge on any atom is -0.267 e. The molecule has 2 amide bonds. The topological polar surface area (TPSA) is 49.4 Å². The predicted octanol–water partition coefficient (Wildman–Crippen LogP) is 3.13. The van der Waals surface area contributed by atoms with Gasteiger partial charge in [0.25, 0.3) is 11.8 Å². The second-order valence-electron chi connectivity index (χ2n) is 5.43. The molecule has 114 valence electrons. The lowest BCUT2D eigenvalue weighted by atomic mass is 10.1. The standard InChI is InChI=1S/C18H20N2O2/c1-14(2)13-19-20(17(21)15-9-5-3-6-10-15)18(22)16-11-7-4-8-12-16/h3-12,14,19H,13H2,1-2H3. The van der Waals surface area contributed by atoms with Gasteiger partial charge in [-0.3, -0.25) is 9.59 Å². The van der Waals surface area contributed by atoms with E-state index in [1.54, 1.807) is 48.5 Å². The second kappa shape index (κ2) is 7.52. The van der Waals surface area contributed by atoms with Crippen LogP contribution >= 0.6 is 0 Å². The molecule has 0 aromatic heterocycles. The van der Waals surface area contributed by atoms with Gasteiger partial charge in [-0.15, -0.1) is 0 Å². The van der Waals surface area contributed by atoms with Crippen molar-refractivity contribution in [1.82, 2.24) is 10.4 Å². The highest BCUT2D eigenvalue weighted by atomic mass is 16.2. The van der Waals surface area contributed by atoms with Crippen LogP contribution in [-0.4, -0.2) is 23.4 Å². The molecular weight excluding hydrogens is 276 g/mol. The lowest BCUT2D eigenvalue weighted by Crippen LogP contribution is -2.48. The summed E-state index contributed by atoms with van der Waals surface area (Å²) in [4.78, 5) is 25.2. The molecule has 4 heteroatoms. The fourth-order valence-electron chi connectivity index (χ4n) is 1.93. The molecule has 2 aromatic rings. The van der Waals surface area contributed by atoms with Gasteiger partial charge in [0.15, 0.2) is 0 Å². The fraction of sp³-hybridized carbons (Fsp3) is 0.222. The van der Waals surface area contributed by atoms with Gasteiger partial charge < -0.3 is 0 Å².